The summed E-state index contributed by atoms with van der Waals surface area (Å²) in [7, 11) is 0. The number of nitriles is 1. The number of nitrogens with one attached hydrogen (secondary N) is 1. The summed E-state index contributed by atoms with van der Waals surface area (Å²) in [6.07, 6.45) is 3.12. The number of hydrogen-bond donors (Lipinski definition) is 2. The molecule has 2 atom stereocenters. The zero-order valence-electron chi connectivity index (χ0n) is 16.1. The summed E-state index contributed by atoms with van der Waals surface area (Å²) in [6, 6.07) is 8.98. The molecular formula is C21H20N4O5. The molecule has 9 nitrogen and oxygen atoms in total. The number of esters is 1. The summed E-state index contributed by atoms with van der Waals surface area (Å²) in [4.78, 5) is 45.2. The number of rotatable bonds is 5. The number of likely N-dealkylation sites (tertiary alicyclic amines) is 1. The molecule has 9 heteroatoms. The fourth-order valence-electron chi connectivity index (χ4n) is 4.11. The molecule has 2 amide bonds. The highest BCUT2D eigenvalue weighted by Gasteiger charge is 2.48. The van der Waals surface area contributed by atoms with Gasteiger partial charge in [-0.1, -0.05) is 25.0 Å². The van der Waals surface area contributed by atoms with Crippen molar-refractivity contribution < 1.29 is 24.2 Å². The van der Waals surface area contributed by atoms with Crippen molar-refractivity contribution in [3.63, 3.8) is 0 Å². The van der Waals surface area contributed by atoms with Gasteiger partial charge in [-0.15, -0.1) is 0 Å². The van der Waals surface area contributed by atoms with Crippen LogP contribution in [0.4, 0.5) is 0 Å². The predicted molar refractivity (Wildman–Crippen MR) is 104 cm³/mol. The molecule has 2 fully saturated rings. The van der Waals surface area contributed by atoms with Crippen LogP contribution >= 0.6 is 0 Å². The number of imide groups is 1. The van der Waals surface area contributed by atoms with Crippen LogP contribution in [0.25, 0.3) is 16.6 Å². The van der Waals surface area contributed by atoms with Gasteiger partial charge in [0, 0.05) is 0 Å². The van der Waals surface area contributed by atoms with E-state index >= 15 is 0 Å². The highest BCUT2D eigenvalue weighted by molar-refractivity contribution is 6.07. The van der Waals surface area contributed by atoms with E-state index in [9.17, 15) is 24.8 Å². The summed E-state index contributed by atoms with van der Waals surface area (Å²) < 4.78 is 5.01. The molecule has 2 aliphatic rings. The summed E-state index contributed by atoms with van der Waals surface area (Å²) >= 11 is 0. The van der Waals surface area contributed by atoms with Gasteiger partial charge < -0.3 is 14.8 Å². The number of carbonyl (C=O) groups excluding carboxylic acids is 3. The number of imidazole rings is 1. The Morgan fingerprint density at radius 1 is 1.23 bits per heavy atom. The molecule has 0 unspecified atom stereocenters. The second kappa shape index (κ2) is 7.99. The average molecular weight is 408 g/mol. The standard InChI is InChI=1S/C21H20N4O5/c22-9-14(19-23-15-7-3-4-8-16(15)24-19)17(26)11-30-18(27)10-25-20(28)12-5-1-2-6-13(12)21(25)29/h3-4,7-8,12-13,26H,1-2,5-6,10-11H2,(H,23,24)/b17-14-/t12-,13+. The van der Waals surface area contributed by atoms with Gasteiger partial charge in [-0.3, -0.25) is 19.3 Å². The Morgan fingerprint density at radius 3 is 2.53 bits per heavy atom. The summed E-state index contributed by atoms with van der Waals surface area (Å²) in [5.41, 5.74) is 1.16. The number of amides is 2. The van der Waals surface area contributed by atoms with Crippen molar-refractivity contribution in [2.24, 2.45) is 11.8 Å². The molecule has 4 rings (SSSR count). The Labute approximate surface area is 171 Å². The van der Waals surface area contributed by atoms with E-state index in [1.807, 2.05) is 6.07 Å². The van der Waals surface area contributed by atoms with Crippen molar-refractivity contribution in [3.05, 3.63) is 35.8 Å². The molecular weight excluding hydrogens is 388 g/mol. The van der Waals surface area contributed by atoms with Crippen molar-refractivity contribution in [1.82, 2.24) is 14.9 Å². The number of aliphatic hydroxyl groups is 1. The largest absolute Gasteiger partial charge is 0.507 e. The lowest BCUT2D eigenvalue weighted by atomic mass is 9.81. The van der Waals surface area contributed by atoms with Gasteiger partial charge in [0.25, 0.3) is 0 Å². The Kier molecular flexibility index (Phi) is 5.23. The Hall–Kier alpha value is -3.67. The number of fused-ring (bicyclic) bond motifs is 2. The molecule has 0 radical (unpaired) electrons. The van der Waals surface area contributed by atoms with Crippen LogP contribution in [0.1, 0.15) is 31.5 Å². The van der Waals surface area contributed by atoms with Crippen molar-refractivity contribution in [3.8, 4) is 6.07 Å². The molecule has 1 aromatic carbocycles. The van der Waals surface area contributed by atoms with Crippen molar-refractivity contribution >= 4 is 34.4 Å². The summed E-state index contributed by atoms with van der Waals surface area (Å²) in [5, 5.41) is 19.6. The van der Waals surface area contributed by atoms with Crippen molar-refractivity contribution in [2.75, 3.05) is 13.2 Å². The monoisotopic (exact) mass is 408 g/mol. The molecule has 1 saturated carbocycles. The molecule has 154 valence electrons. The number of hydrogen-bond acceptors (Lipinski definition) is 7. The number of carbonyl (C=O) groups is 3. The summed E-state index contributed by atoms with van der Waals surface area (Å²) in [5.74, 6) is -2.50. The molecule has 1 aliphatic heterocycles. The van der Waals surface area contributed by atoms with Crippen molar-refractivity contribution in [1.29, 1.82) is 5.26 Å². The lowest BCUT2D eigenvalue weighted by Gasteiger charge is -2.19. The van der Waals surface area contributed by atoms with Crippen LogP contribution in [-0.2, 0) is 19.1 Å². The van der Waals surface area contributed by atoms with Gasteiger partial charge in [0.1, 0.15) is 24.8 Å². The van der Waals surface area contributed by atoms with Gasteiger partial charge in [-0.25, -0.2) is 4.98 Å². The Bertz CT molecular complexity index is 1040. The van der Waals surface area contributed by atoms with E-state index in [1.54, 1.807) is 24.3 Å². The van der Waals surface area contributed by atoms with Crippen LogP contribution < -0.4 is 0 Å². The minimum Gasteiger partial charge on any atom is -0.507 e. The normalized spacial score (nSPS) is 21.9. The molecule has 2 aromatic rings. The van der Waals surface area contributed by atoms with Crippen molar-refractivity contribution in [2.45, 2.75) is 25.7 Å². The van der Waals surface area contributed by atoms with Gasteiger partial charge in [0.2, 0.25) is 11.8 Å². The minimum absolute atomic E-state index is 0.154. The number of H-pyrrole nitrogens is 1. The maximum atomic E-state index is 12.4. The molecule has 0 bridgehead atoms. The van der Waals surface area contributed by atoms with Gasteiger partial charge in [-0.05, 0) is 25.0 Å². The summed E-state index contributed by atoms with van der Waals surface area (Å²) in [6.45, 7) is -1.06. The topological polar surface area (TPSA) is 136 Å². The third-order valence-electron chi connectivity index (χ3n) is 5.62. The number of aliphatic hydroxyl groups excluding tert-OH is 1. The first-order valence-electron chi connectivity index (χ1n) is 9.77. The SMILES string of the molecule is N#C/C(=C(/O)COC(=O)CN1C(=O)[C@H]2CCCC[C@H]2C1=O)c1nc2ccccc2[nH]1. The first-order chi connectivity index (χ1) is 14.5. The second-order valence-corrected chi connectivity index (χ2v) is 7.46. The van der Waals surface area contributed by atoms with Crippen LogP contribution in [0.3, 0.4) is 0 Å². The van der Waals surface area contributed by atoms with E-state index in [4.69, 9.17) is 4.74 Å². The van der Waals surface area contributed by atoms with Crippen LogP contribution in [0.15, 0.2) is 30.0 Å². The van der Waals surface area contributed by atoms with E-state index in [2.05, 4.69) is 9.97 Å². The second-order valence-electron chi connectivity index (χ2n) is 7.46. The fraction of sp³-hybridized carbons (Fsp3) is 0.381. The van der Waals surface area contributed by atoms with Gasteiger partial charge in [-0.2, -0.15) is 5.26 Å². The number of ether oxygens (including phenoxy) is 1. The molecule has 1 saturated heterocycles. The average Bonchev–Trinajstić information content (AvgIpc) is 3.28. The Balaban J connectivity index is 1.42. The molecule has 30 heavy (non-hydrogen) atoms. The van der Waals surface area contributed by atoms with Crippen LogP contribution in [0.5, 0.6) is 0 Å². The van der Waals surface area contributed by atoms with Crippen LogP contribution in [0.2, 0.25) is 0 Å². The molecule has 1 aromatic heterocycles. The maximum absolute atomic E-state index is 12.4. The lowest BCUT2D eigenvalue weighted by Crippen LogP contribution is -2.36. The minimum atomic E-state index is -0.830. The highest BCUT2D eigenvalue weighted by Crippen LogP contribution is 2.37. The van der Waals surface area contributed by atoms with E-state index in [0.29, 0.717) is 23.9 Å². The van der Waals surface area contributed by atoms with Gasteiger partial charge >= 0.3 is 5.97 Å². The van der Waals surface area contributed by atoms with E-state index < -0.39 is 24.9 Å². The first-order valence-corrected chi connectivity index (χ1v) is 9.77. The molecule has 1 aliphatic carbocycles. The number of benzene rings is 1. The molecule has 0 spiro atoms. The molecule has 2 N–H and O–H groups in total. The zero-order chi connectivity index (χ0) is 21.3. The lowest BCUT2D eigenvalue weighted by molar-refractivity contribution is -0.152. The fourth-order valence-corrected chi connectivity index (χ4v) is 4.11. The highest BCUT2D eigenvalue weighted by atomic mass is 16.5. The smallest absolute Gasteiger partial charge is 0.326 e. The van der Waals surface area contributed by atoms with Gasteiger partial charge in [0.15, 0.2) is 11.6 Å². The number of nitrogens with zero attached hydrogens (tertiary/aromatic N) is 3. The van der Waals surface area contributed by atoms with Crippen LogP contribution in [-0.4, -0.2) is 50.9 Å². The predicted octanol–water partition coefficient (Wildman–Crippen LogP) is 2.07. The molecule has 2 heterocycles. The number of aromatic nitrogens is 2. The Morgan fingerprint density at radius 2 is 1.90 bits per heavy atom. The third-order valence-corrected chi connectivity index (χ3v) is 5.62. The van der Waals surface area contributed by atoms with E-state index in [-0.39, 0.29) is 35.0 Å². The quantitative estimate of drug-likeness (QED) is 0.334. The first kappa shape index (κ1) is 19.6. The maximum Gasteiger partial charge on any atom is 0.326 e. The van der Waals surface area contributed by atoms with Gasteiger partial charge in [0.05, 0.1) is 22.9 Å². The third kappa shape index (κ3) is 3.52. The van der Waals surface area contributed by atoms with E-state index in [1.165, 1.54) is 0 Å². The van der Waals surface area contributed by atoms with E-state index in [0.717, 1.165) is 17.7 Å². The number of aromatic amines is 1. The zero-order valence-corrected chi connectivity index (χ0v) is 16.1. The number of allylic oxidation sites excluding steroid dienone is 1. The van der Waals surface area contributed by atoms with Crippen LogP contribution in [0, 0.1) is 23.2 Å². The number of para-hydroxylation sites is 2.